The van der Waals surface area contributed by atoms with E-state index in [0.29, 0.717) is 34.4 Å². The van der Waals surface area contributed by atoms with E-state index in [4.69, 9.17) is 0 Å². The van der Waals surface area contributed by atoms with Crippen molar-refractivity contribution in [2.24, 2.45) is 0 Å². The van der Waals surface area contributed by atoms with Gasteiger partial charge in [0.15, 0.2) is 15.5 Å². The molecule has 1 aliphatic rings. The van der Waals surface area contributed by atoms with Crippen LogP contribution in [-0.2, 0) is 16.4 Å². The predicted octanol–water partition coefficient (Wildman–Crippen LogP) is 4.11. The number of benzene rings is 2. The van der Waals surface area contributed by atoms with Gasteiger partial charge in [0.1, 0.15) is 17.5 Å². The molecule has 1 aliphatic heterocycles. The lowest BCUT2D eigenvalue weighted by atomic mass is 10.0. The van der Waals surface area contributed by atoms with Gasteiger partial charge in [0.2, 0.25) is 0 Å². The van der Waals surface area contributed by atoms with Crippen LogP contribution >= 0.6 is 0 Å². The minimum Gasteiger partial charge on any atom is -0.348 e. The van der Waals surface area contributed by atoms with Gasteiger partial charge >= 0.3 is 0 Å². The van der Waals surface area contributed by atoms with Crippen molar-refractivity contribution in [1.82, 2.24) is 20.1 Å². The van der Waals surface area contributed by atoms with Crippen LogP contribution in [0.4, 0.5) is 13.2 Å². The molecular formula is C25H21F3N4O3S. The maximum Gasteiger partial charge on any atom is 0.252 e. The fourth-order valence-electron chi connectivity index (χ4n) is 4.45. The number of hydrogen-bond acceptors (Lipinski definition) is 5. The standard InChI is InChI=1S/C25H21F3N4O3S/c1-14-23-18(25(33)29-12-19-20(27)3-2-4-21(19)28)11-22(15-5-7-16(26)8-6-15)30-24(23)32(31-14)17-9-10-36(34,35)13-17/h2-8,11,17H,9-10,12-13H2,1H3,(H,29,33). The van der Waals surface area contributed by atoms with Crippen LogP contribution in [0.5, 0.6) is 0 Å². The third-order valence-electron chi connectivity index (χ3n) is 6.26. The van der Waals surface area contributed by atoms with Crippen molar-refractivity contribution in [3.05, 3.63) is 82.8 Å². The van der Waals surface area contributed by atoms with Gasteiger partial charge in [-0.25, -0.2) is 31.3 Å². The maximum absolute atomic E-state index is 14.1. The number of hydrogen-bond donors (Lipinski definition) is 1. The zero-order chi connectivity index (χ0) is 25.6. The molecule has 2 aromatic carbocycles. The molecule has 186 valence electrons. The summed E-state index contributed by atoms with van der Waals surface area (Å²) in [4.78, 5) is 18.0. The van der Waals surface area contributed by atoms with Crippen LogP contribution in [0.25, 0.3) is 22.3 Å². The average Bonchev–Trinajstić information content (AvgIpc) is 3.37. The number of sulfone groups is 1. The number of halogens is 3. The van der Waals surface area contributed by atoms with Crippen LogP contribution in [0.3, 0.4) is 0 Å². The smallest absolute Gasteiger partial charge is 0.252 e. The van der Waals surface area contributed by atoms with E-state index in [0.717, 1.165) is 12.1 Å². The number of carbonyl (C=O) groups excluding carboxylic acids is 1. The molecular weight excluding hydrogens is 493 g/mol. The molecule has 3 heterocycles. The summed E-state index contributed by atoms with van der Waals surface area (Å²) in [7, 11) is -3.22. The normalized spacial score (nSPS) is 16.9. The maximum atomic E-state index is 14.1. The summed E-state index contributed by atoms with van der Waals surface area (Å²) < 4.78 is 67.4. The summed E-state index contributed by atoms with van der Waals surface area (Å²) in [6.45, 7) is 1.29. The molecule has 11 heteroatoms. The number of pyridine rings is 1. The number of amides is 1. The number of aromatic nitrogens is 3. The second-order valence-corrected chi connectivity index (χ2v) is 11.0. The highest BCUT2D eigenvalue weighted by Crippen LogP contribution is 2.32. The van der Waals surface area contributed by atoms with Crippen molar-refractivity contribution < 1.29 is 26.4 Å². The Balaban J connectivity index is 1.61. The van der Waals surface area contributed by atoms with E-state index < -0.39 is 39.2 Å². The lowest BCUT2D eigenvalue weighted by Gasteiger charge is -2.13. The van der Waals surface area contributed by atoms with Gasteiger partial charge in [0.25, 0.3) is 5.91 Å². The lowest BCUT2D eigenvalue weighted by Crippen LogP contribution is -2.24. The molecule has 0 spiro atoms. The summed E-state index contributed by atoms with van der Waals surface area (Å²) in [5.41, 5.74) is 1.50. The van der Waals surface area contributed by atoms with Crippen LogP contribution in [0.15, 0.2) is 48.5 Å². The Bertz CT molecular complexity index is 1580. The zero-order valence-electron chi connectivity index (χ0n) is 19.1. The Morgan fingerprint density at radius 2 is 1.81 bits per heavy atom. The quantitative estimate of drug-likeness (QED) is 0.433. The first kappa shape index (κ1) is 24.0. The number of nitrogens with zero attached hydrogens (tertiary/aromatic N) is 3. The van der Waals surface area contributed by atoms with Gasteiger partial charge in [-0.2, -0.15) is 5.10 Å². The van der Waals surface area contributed by atoms with Gasteiger partial charge < -0.3 is 5.32 Å². The van der Waals surface area contributed by atoms with Crippen LogP contribution in [-0.4, -0.2) is 40.6 Å². The van der Waals surface area contributed by atoms with E-state index in [-0.39, 0.29) is 29.2 Å². The summed E-state index contributed by atoms with van der Waals surface area (Å²) in [5, 5.41) is 7.46. The SMILES string of the molecule is Cc1nn(C2CCS(=O)(=O)C2)c2nc(-c3ccc(F)cc3)cc(C(=O)NCc3c(F)cccc3F)c12. The highest BCUT2D eigenvalue weighted by Gasteiger charge is 2.32. The van der Waals surface area contributed by atoms with Crippen molar-refractivity contribution >= 4 is 26.8 Å². The van der Waals surface area contributed by atoms with E-state index in [1.54, 1.807) is 6.92 Å². The van der Waals surface area contributed by atoms with Crippen molar-refractivity contribution in [3.8, 4) is 11.3 Å². The molecule has 36 heavy (non-hydrogen) atoms. The van der Waals surface area contributed by atoms with Gasteiger partial charge in [-0.3, -0.25) is 4.79 Å². The van der Waals surface area contributed by atoms with E-state index in [1.807, 2.05) is 0 Å². The first-order chi connectivity index (χ1) is 17.1. The van der Waals surface area contributed by atoms with E-state index in [1.165, 1.54) is 41.1 Å². The molecule has 2 aromatic heterocycles. The molecule has 1 fully saturated rings. The van der Waals surface area contributed by atoms with Gasteiger partial charge in [0.05, 0.1) is 39.9 Å². The number of carbonyl (C=O) groups is 1. The monoisotopic (exact) mass is 514 g/mol. The molecule has 1 N–H and O–H groups in total. The van der Waals surface area contributed by atoms with E-state index in [2.05, 4.69) is 15.4 Å². The van der Waals surface area contributed by atoms with Crippen LogP contribution in [0.1, 0.15) is 34.1 Å². The minimum atomic E-state index is -3.22. The number of aryl methyl sites for hydroxylation is 1. The summed E-state index contributed by atoms with van der Waals surface area (Å²) in [6, 6.07) is 10.0. The van der Waals surface area contributed by atoms with Crippen LogP contribution < -0.4 is 5.32 Å². The Kier molecular flexibility index (Phi) is 6.03. The van der Waals surface area contributed by atoms with E-state index >= 15 is 0 Å². The molecule has 0 radical (unpaired) electrons. The fourth-order valence-corrected chi connectivity index (χ4v) is 6.14. The molecule has 4 aromatic rings. The highest BCUT2D eigenvalue weighted by atomic mass is 32.2. The lowest BCUT2D eigenvalue weighted by molar-refractivity contribution is 0.0952. The Labute approximate surface area is 204 Å². The van der Waals surface area contributed by atoms with Gasteiger partial charge in [-0.05, 0) is 55.8 Å². The molecule has 7 nitrogen and oxygen atoms in total. The largest absolute Gasteiger partial charge is 0.348 e. The average molecular weight is 515 g/mol. The summed E-state index contributed by atoms with van der Waals surface area (Å²) in [6.07, 6.45) is 0.356. The zero-order valence-corrected chi connectivity index (χ0v) is 19.9. The molecule has 0 aliphatic carbocycles. The second kappa shape index (κ2) is 9.05. The van der Waals surface area contributed by atoms with Gasteiger partial charge in [-0.15, -0.1) is 0 Å². The highest BCUT2D eigenvalue weighted by molar-refractivity contribution is 7.91. The molecule has 0 saturated carbocycles. The van der Waals surface area contributed by atoms with Crippen LogP contribution in [0, 0.1) is 24.4 Å². The van der Waals surface area contributed by atoms with Crippen molar-refractivity contribution in [1.29, 1.82) is 0 Å². The van der Waals surface area contributed by atoms with Gasteiger partial charge in [-0.1, -0.05) is 6.07 Å². The molecule has 5 rings (SSSR count). The Hall–Kier alpha value is -3.73. The first-order valence-electron chi connectivity index (χ1n) is 11.2. The summed E-state index contributed by atoms with van der Waals surface area (Å²) >= 11 is 0. The molecule has 1 saturated heterocycles. The van der Waals surface area contributed by atoms with Crippen molar-refractivity contribution in [2.75, 3.05) is 11.5 Å². The number of nitrogens with one attached hydrogen (secondary N) is 1. The fraction of sp³-hybridized carbons (Fsp3) is 0.240. The minimum absolute atomic E-state index is 0.0251. The Morgan fingerprint density at radius 1 is 1.11 bits per heavy atom. The first-order valence-corrected chi connectivity index (χ1v) is 13.0. The van der Waals surface area contributed by atoms with Crippen molar-refractivity contribution in [3.63, 3.8) is 0 Å². The molecule has 1 unspecified atom stereocenters. The summed E-state index contributed by atoms with van der Waals surface area (Å²) in [5.74, 6) is -2.70. The van der Waals surface area contributed by atoms with Gasteiger partial charge in [0, 0.05) is 17.7 Å². The predicted molar refractivity (Wildman–Crippen MR) is 127 cm³/mol. The third-order valence-corrected chi connectivity index (χ3v) is 8.01. The number of rotatable bonds is 5. The molecule has 1 atom stereocenters. The van der Waals surface area contributed by atoms with Crippen LogP contribution in [0.2, 0.25) is 0 Å². The molecule has 0 bridgehead atoms. The molecule has 1 amide bonds. The topological polar surface area (TPSA) is 93.9 Å². The van der Waals surface area contributed by atoms with E-state index in [9.17, 15) is 26.4 Å². The second-order valence-electron chi connectivity index (χ2n) is 8.73. The third kappa shape index (κ3) is 4.46. The number of fused-ring (bicyclic) bond motifs is 1. The Morgan fingerprint density at radius 3 is 2.44 bits per heavy atom. The van der Waals surface area contributed by atoms with Crippen molar-refractivity contribution in [2.45, 2.75) is 25.9 Å².